The van der Waals surface area contributed by atoms with Crippen molar-refractivity contribution >= 4 is 36.0 Å². The van der Waals surface area contributed by atoms with E-state index >= 15 is 0 Å². The van der Waals surface area contributed by atoms with Crippen molar-refractivity contribution in [1.82, 2.24) is 10.2 Å². The molecule has 0 spiro atoms. The van der Waals surface area contributed by atoms with Crippen LogP contribution in [0.2, 0.25) is 0 Å². The van der Waals surface area contributed by atoms with E-state index in [1.807, 2.05) is 20.8 Å². The molecule has 1 saturated heterocycles. The van der Waals surface area contributed by atoms with Crippen molar-refractivity contribution in [3.8, 4) is 0 Å². The molecule has 1 fully saturated rings. The van der Waals surface area contributed by atoms with Gasteiger partial charge in [0.15, 0.2) is 5.96 Å². The standard InChI is InChI=1S/C14H28N4O2.HI/c1-10(2)6-7-16-12(15)17-11-8-18(9-11)13(19)20-14(3,4)5;/h10-11H,6-9H2,1-5H3,(H3,15,16,17);1H. The monoisotopic (exact) mass is 412 g/mol. The fraction of sp³-hybridized carbons (Fsp3) is 0.857. The molecule has 0 aromatic rings. The Hall–Kier alpha value is -0.730. The Labute approximate surface area is 144 Å². The molecule has 21 heavy (non-hydrogen) atoms. The largest absolute Gasteiger partial charge is 0.444 e. The van der Waals surface area contributed by atoms with Crippen LogP contribution in [0.15, 0.2) is 4.99 Å². The Bertz CT molecular complexity index is 360. The molecule has 0 aromatic carbocycles. The summed E-state index contributed by atoms with van der Waals surface area (Å²) >= 11 is 0. The molecule has 0 aromatic heterocycles. The summed E-state index contributed by atoms with van der Waals surface area (Å²) in [4.78, 5) is 17.7. The summed E-state index contributed by atoms with van der Waals surface area (Å²) < 4.78 is 5.28. The minimum atomic E-state index is -0.451. The summed E-state index contributed by atoms with van der Waals surface area (Å²) in [5, 5.41) is 3.12. The van der Waals surface area contributed by atoms with Gasteiger partial charge >= 0.3 is 6.09 Å². The molecule has 1 aliphatic heterocycles. The minimum absolute atomic E-state index is 0. The van der Waals surface area contributed by atoms with Crippen LogP contribution in [0.5, 0.6) is 0 Å². The molecule has 124 valence electrons. The number of rotatable bonds is 4. The number of nitrogens with two attached hydrogens (primary N) is 1. The Kier molecular flexibility index (Phi) is 8.35. The third-order valence-corrected chi connectivity index (χ3v) is 2.87. The fourth-order valence-electron chi connectivity index (χ4n) is 1.74. The molecule has 0 aliphatic carbocycles. The molecule has 6 nitrogen and oxygen atoms in total. The first-order valence-corrected chi connectivity index (χ1v) is 7.22. The van der Waals surface area contributed by atoms with E-state index in [2.05, 4.69) is 24.2 Å². The molecule has 7 heteroatoms. The van der Waals surface area contributed by atoms with Gasteiger partial charge in [0.2, 0.25) is 0 Å². The van der Waals surface area contributed by atoms with Crippen LogP contribution in [-0.2, 0) is 4.74 Å². The fourth-order valence-corrected chi connectivity index (χ4v) is 1.74. The van der Waals surface area contributed by atoms with Crippen LogP contribution in [0.1, 0.15) is 41.0 Å². The highest BCUT2D eigenvalue weighted by Gasteiger charge is 2.33. The van der Waals surface area contributed by atoms with Gasteiger partial charge in [-0.25, -0.2) is 4.79 Å². The summed E-state index contributed by atoms with van der Waals surface area (Å²) in [6.07, 6.45) is 0.753. The molecule has 0 saturated carbocycles. The maximum absolute atomic E-state index is 11.7. The van der Waals surface area contributed by atoms with Crippen molar-refractivity contribution in [2.24, 2.45) is 16.6 Å². The van der Waals surface area contributed by atoms with Gasteiger partial charge < -0.3 is 20.7 Å². The maximum Gasteiger partial charge on any atom is 0.410 e. The molecule has 1 rings (SSSR count). The van der Waals surface area contributed by atoms with Crippen LogP contribution in [-0.4, -0.2) is 48.2 Å². The van der Waals surface area contributed by atoms with Gasteiger partial charge in [-0.1, -0.05) is 13.8 Å². The summed E-state index contributed by atoms with van der Waals surface area (Å²) in [6, 6.07) is 0.172. The Balaban J connectivity index is 0.00000400. The highest BCUT2D eigenvalue weighted by Crippen LogP contribution is 2.14. The van der Waals surface area contributed by atoms with Crippen molar-refractivity contribution in [2.45, 2.75) is 52.7 Å². The SMILES string of the molecule is CC(C)CCN=C(N)NC1CN(C(=O)OC(C)(C)C)C1.I. The van der Waals surface area contributed by atoms with Crippen LogP contribution in [0.25, 0.3) is 0 Å². The van der Waals surface area contributed by atoms with Crippen molar-refractivity contribution in [1.29, 1.82) is 0 Å². The first-order chi connectivity index (χ1) is 9.17. The van der Waals surface area contributed by atoms with Crippen LogP contribution < -0.4 is 11.1 Å². The molecule has 0 unspecified atom stereocenters. The number of amides is 1. The predicted molar refractivity (Wildman–Crippen MR) is 96.1 cm³/mol. The van der Waals surface area contributed by atoms with E-state index in [1.54, 1.807) is 4.90 Å². The topological polar surface area (TPSA) is 80.0 Å². The quantitative estimate of drug-likeness (QED) is 0.422. The normalized spacial score (nSPS) is 16.3. The molecule has 1 aliphatic rings. The number of carbonyl (C=O) groups excluding carboxylic acids is 1. The second-order valence-electron chi connectivity index (χ2n) is 6.68. The highest BCUT2D eigenvalue weighted by molar-refractivity contribution is 14.0. The van der Waals surface area contributed by atoms with E-state index in [0.29, 0.717) is 25.0 Å². The van der Waals surface area contributed by atoms with Gasteiger partial charge in [0.1, 0.15) is 5.60 Å². The average Bonchev–Trinajstić information content (AvgIpc) is 2.19. The highest BCUT2D eigenvalue weighted by atomic mass is 127. The Morgan fingerprint density at radius 2 is 2.00 bits per heavy atom. The van der Waals surface area contributed by atoms with E-state index in [9.17, 15) is 4.79 Å². The summed E-state index contributed by atoms with van der Waals surface area (Å²) in [5.41, 5.74) is 5.35. The first-order valence-electron chi connectivity index (χ1n) is 7.22. The number of halogens is 1. The average molecular weight is 412 g/mol. The van der Waals surface area contributed by atoms with Crippen LogP contribution in [0.3, 0.4) is 0 Å². The van der Waals surface area contributed by atoms with Crippen LogP contribution >= 0.6 is 24.0 Å². The summed E-state index contributed by atoms with van der Waals surface area (Å²) in [6.45, 7) is 11.8. The molecule has 0 bridgehead atoms. The molecule has 0 radical (unpaired) electrons. The van der Waals surface area contributed by atoms with Crippen LogP contribution in [0.4, 0.5) is 4.79 Å². The Morgan fingerprint density at radius 3 is 2.48 bits per heavy atom. The molecule has 1 heterocycles. The van der Waals surface area contributed by atoms with E-state index in [1.165, 1.54) is 0 Å². The lowest BCUT2D eigenvalue weighted by molar-refractivity contribution is 0.00706. The zero-order chi connectivity index (χ0) is 15.3. The third-order valence-electron chi connectivity index (χ3n) is 2.87. The van der Waals surface area contributed by atoms with E-state index in [0.717, 1.165) is 13.0 Å². The predicted octanol–water partition coefficient (Wildman–Crippen LogP) is 2.17. The lowest BCUT2D eigenvalue weighted by atomic mass is 10.1. The van der Waals surface area contributed by atoms with E-state index < -0.39 is 5.60 Å². The van der Waals surface area contributed by atoms with Gasteiger partial charge in [-0.2, -0.15) is 0 Å². The van der Waals surface area contributed by atoms with Gasteiger partial charge in [-0.15, -0.1) is 24.0 Å². The second-order valence-corrected chi connectivity index (χ2v) is 6.68. The number of likely N-dealkylation sites (tertiary alicyclic amines) is 1. The number of guanidine groups is 1. The molecule has 1 amide bonds. The maximum atomic E-state index is 11.7. The molecular formula is C14H29IN4O2. The van der Waals surface area contributed by atoms with Crippen molar-refractivity contribution < 1.29 is 9.53 Å². The first kappa shape index (κ1) is 20.3. The van der Waals surface area contributed by atoms with Gasteiger partial charge in [0, 0.05) is 19.6 Å². The van der Waals surface area contributed by atoms with Gasteiger partial charge in [0.25, 0.3) is 0 Å². The zero-order valence-corrected chi connectivity index (χ0v) is 16.0. The van der Waals surface area contributed by atoms with E-state index in [-0.39, 0.29) is 36.1 Å². The van der Waals surface area contributed by atoms with Crippen LogP contribution in [0, 0.1) is 5.92 Å². The number of hydrogen-bond acceptors (Lipinski definition) is 3. The lowest BCUT2D eigenvalue weighted by Gasteiger charge is -2.40. The minimum Gasteiger partial charge on any atom is -0.444 e. The van der Waals surface area contributed by atoms with Gasteiger partial charge in [-0.05, 0) is 33.1 Å². The number of nitrogens with one attached hydrogen (secondary N) is 1. The smallest absolute Gasteiger partial charge is 0.410 e. The number of aliphatic imine (C=N–C) groups is 1. The number of ether oxygens (including phenoxy) is 1. The van der Waals surface area contributed by atoms with Gasteiger partial charge in [-0.3, -0.25) is 4.99 Å². The molecular weight excluding hydrogens is 383 g/mol. The molecule has 3 N–H and O–H groups in total. The number of hydrogen-bond donors (Lipinski definition) is 2. The van der Waals surface area contributed by atoms with Crippen molar-refractivity contribution in [3.05, 3.63) is 0 Å². The summed E-state index contributed by atoms with van der Waals surface area (Å²) in [7, 11) is 0. The summed E-state index contributed by atoms with van der Waals surface area (Å²) in [5.74, 6) is 1.08. The molecule has 0 atom stereocenters. The van der Waals surface area contributed by atoms with Crippen molar-refractivity contribution in [2.75, 3.05) is 19.6 Å². The zero-order valence-electron chi connectivity index (χ0n) is 13.7. The van der Waals surface area contributed by atoms with Gasteiger partial charge in [0.05, 0.1) is 6.04 Å². The van der Waals surface area contributed by atoms with E-state index in [4.69, 9.17) is 10.5 Å². The lowest BCUT2D eigenvalue weighted by Crippen LogP contribution is -2.62. The number of nitrogens with zero attached hydrogens (tertiary/aromatic N) is 2. The number of carbonyl (C=O) groups is 1. The third kappa shape index (κ3) is 8.33. The second kappa shape index (κ2) is 8.65. The van der Waals surface area contributed by atoms with Crippen molar-refractivity contribution in [3.63, 3.8) is 0 Å². The Morgan fingerprint density at radius 1 is 1.43 bits per heavy atom.